The van der Waals surface area contributed by atoms with Crippen LogP contribution in [0.15, 0.2) is 11.4 Å². The summed E-state index contributed by atoms with van der Waals surface area (Å²) in [6.07, 6.45) is 0.725. The van der Waals surface area contributed by atoms with Crippen molar-refractivity contribution in [3.63, 3.8) is 0 Å². The van der Waals surface area contributed by atoms with Gasteiger partial charge in [-0.2, -0.15) is 0 Å². The van der Waals surface area contributed by atoms with Crippen LogP contribution in [0.5, 0.6) is 0 Å². The van der Waals surface area contributed by atoms with E-state index in [0.717, 1.165) is 12.0 Å². The summed E-state index contributed by atoms with van der Waals surface area (Å²) in [5, 5.41) is 11.3. The molecule has 0 radical (unpaired) electrons. The third kappa shape index (κ3) is 3.69. The van der Waals surface area contributed by atoms with Crippen molar-refractivity contribution in [1.29, 1.82) is 0 Å². The molecule has 1 aromatic heterocycles. The van der Waals surface area contributed by atoms with Crippen LogP contribution in [0.2, 0.25) is 0 Å². The average molecular weight is 276 g/mol. The summed E-state index contributed by atoms with van der Waals surface area (Å²) < 4.78 is 0. The maximum absolute atomic E-state index is 11.8. The third-order valence-electron chi connectivity index (χ3n) is 2.86. The minimum absolute atomic E-state index is 0.0255. The van der Waals surface area contributed by atoms with Crippen LogP contribution < -0.4 is 0 Å². The number of hydrogen-bond acceptors (Lipinski definition) is 3. The quantitative estimate of drug-likeness (QED) is 0.810. The molecule has 3 nitrogen and oxygen atoms in total. The summed E-state index contributed by atoms with van der Waals surface area (Å²) in [6.45, 7) is 4.49. The van der Waals surface area contributed by atoms with E-state index < -0.39 is 0 Å². The summed E-state index contributed by atoms with van der Waals surface area (Å²) in [5.41, 5.74) is 1.13. The highest BCUT2D eigenvalue weighted by atomic mass is 35.5. The topological polar surface area (TPSA) is 40.5 Å². The summed E-state index contributed by atoms with van der Waals surface area (Å²) in [5.74, 6) is -0.169. The standard InChI is InChI=1S/C12H18ClNO2S/c1-3-11(8-15)14(12(16)6-13)7-10-4-5-17-9(10)2/h4-5,11,15H,3,6-8H2,1-2H3/t11-/m0/s1. The zero-order valence-corrected chi connectivity index (χ0v) is 11.7. The van der Waals surface area contributed by atoms with E-state index in [2.05, 4.69) is 0 Å². The van der Waals surface area contributed by atoms with Crippen molar-refractivity contribution in [1.82, 2.24) is 4.90 Å². The normalized spacial score (nSPS) is 12.5. The highest BCUT2D eigenvalue weighted by Crippen LogP contribution is 2.19. The van der Waals surface area contributed by atoms with Gasteiger partial charge in [-0.25, -0.2) is 0 Å². The van der Waals surface area contributed by atoms with E-state index in [1.807, 2.05) is 25.3 Å². The number of alkyl halides is 1. The molecular weight excluding hydrogens is 258 g/mol. The lowest BCUT2D eigenvalue weighted by Crippen LogP contribution is -2.42. The number of aliphatic hydroxyl groups excluding tert-OH is 1. The molecule has 0 aliphatic carbocycles. The predicted octanol–water partition coefficient (Wildman–Crippen LogP) is 2.39. The molecule has 17 heavy (non-hydrogen) atoms. The molecule has 0 spiro atoms. The molecule has 0 fully saturated rings. The number of aryl methyl sites for hydroxylation is 1. The van der Waals surface area contributed by atoms with E-state index in [0.29, 0.717) is 6.54 Å². The molecule has 1 heterocycles. The fourth-order valence-electron chi connectivity index (χ4n) is 1.70. The van der Waals surface area contributed by atoms with Crippen LogP contribution in [0.3, 0.4) is 0 Å². The number of halogens is 1. The van der Waals surface area contributed by atoms with Crippen LogP contribution in [0.4, 0.5) is 0 Å². The van der Waals surface area contributed by atoms with Crippen LogP contribution in [-0.4, -0.2) is 34.4 Å². The molecule has 1 atom stereocenters. The highest BCUT2D eigenvalue weighted by molar-refractivity contribution is 7.10. The predicted molar refractivity (Wildman–Crippen MR) is 71.5 cm³/mol. The Bertz CT molecular complexity index is 363. The van der Waals surface area contributed by atoms with Gasteiger partial charge in [-0.05, 0) is 30.4 Å². The number of nitrogens with zero attached hydrogens (tertiary/aromatic N) is 1. The first-order chi connectivity index (χ1) is 8.13. The van der Waals surface area contributed by atoms with Crippen molar-refractivity contribution in [3.05, 3.63) is 21.9 Å². The van der Waals surface area contributed by atoms with Gasteiger partial charge < -0.3 is 10.0 Å². The SMILES string of the molecule is CC[C@@H](CO)N(Cc1ccsc1C)C(=O)CCl. The minimum Gasteiger partial charge on any atom is -0.394 e. The van der Waals surface area contributed by atoms with Gasteiger partial charge in [-0.3, -0.25) is 4.79 Å². The van der Waals surface area contributed by atoms with Gasteiger partial charge >= 0.3 is 0 Å². The molecule has 0 aromatic carbocycles. The van der Waals surface area contributed by atoms with Crippen molar-refractivity contribution in [3.8, 4) is 0 Å². The number of rotatable bonds is 6. The summed E-state index contributed by atoms with van der Waals surface area (Å²) in [6, 6.07) is 1.86. The molecule has 0 unspecified atom stereocenters. The lowest BCUT2D eigenvalue weighted by atomic mass is 10.1. The molecule has 1 N–H and O–H groups in total. The number of amides is 1. The Morgan fingerprint density at radius 2 is 2.35 bits per heavy atom. The highest BCUT2D eigenvalue weighted by Gasteiger charge is 2.21. The van der Waals surface area contributed by atoms with E-state index in [9.17, 15) is 9.90 Å². The van der Waals surface area contributed by atoms with Gasteiger partial charge in [-0.15, -0.1) is 22.9 Å². The maximum Gasteiger partial charge on any atom is 0.238 e. The second kappa shape index (κ2) is 6.99. The Kier molecular flexibility index (Phi) is 5.95. The number of hydrogen-bond donors (Lipinski definition) is 1. The van der Waals surface area contributed by atoms with Gasteiger partial charge in [0.05, 0.1) is 12.6 Å². The average Bonchev–Trinajstić information content (AvgIpc) is 2.74. The van der Waals surface area contributed by atoms with E-state index in [1.54, 1.807) is 16.2 Å². The van der Waals surface area contributed by atoms with Crippen molar-refractivity contribution < 1.29 is 9.90 Å². The van der Waals surface area contributed by atoms with Crippen molar-refractivity contribution >= 4 is 28.8 Å². The van der Waals surface area contributed by atoms with Crippen molar-refractivity contribution in [2.45, 2.75) is 32.9 Å². The molecule has 0 saturated heterocycles. The molecule has 1 aromatic rings. The van der Waals surface area contributed by atoms with E-state index >= 15 is 0 Å². The van der Waals surface area contributed by atoms with Crippen LogP contribution >= 0.6 is 22.9 Å². The van der Waals surface area contributed by atoms with Crippen molar-refractivity contribution in [2.24, 2.45) is 0 Å². The molecule has 0 bridgehead atoms. The van der Waals surface area contributed by atoms with E-state index in [-0.39, 0.29) is 24.4 Å². The van der Waals surface area contributed by atoms with Crippen LogP contribution in [0, 0.1) is 6.92 Å². The monoisotopic (exact) mass is 275 g/mol. The molecular formula is C12H18ClNO2S. The van der Waals surface area contributed by atoms with Gasteiger partial charge in [0.15, 0.2) is 0 Å². The molecule has 1 rings (SSSR count). The Labute approximate surface area is 111 Å². The molecule has 0 aliphatic rings. The smallest absolute Gasteiger partial charge is 0.238 e. The van der Waals surface area contributed by atoms with Crippen LogP contribution in [0.1, 0.15) is 23.8 Å². The molecule has 0 aliphatic heterocycles. The second-order valence-corrected chi connectivity index (χ2v) is 5.29. The molecule has 0 saturated carbocycles. The van der Waals surface area contributed by atoms with Gasteiger partial charge in [-0.1, -0.05) is 6.92 Å². The number of thiophene rings is 1. The number of aliphatic hydroxyl groups is 1. The fourth-order valence-corrected chi connectivity index (χ4v) is 2.58. The Morgan fingerprint density at radius 3 is 2.76 bits per heavy atom. The Hall–Kier alpha value is -0.580. The Morgan fingerprint density at radius 1 is 1.65 bits per heavy atom. The number of carbonyl (C=O) groups excluding carboxylic acids is 1. The van der Waals surface area contributed by atoms with E-state index in [4.69, 9.17) is 11.6 Å². The van der Waals surface area contributed by atoms with Crippen LogP contribution in [-0.2, 0) is 11.3 Å². The largest absolute Gasteiger partial charge is 0.394 e. The van der Waals surface area contributed by atoms with Gasteiger partial charge in [0, 0.05) is 11.4 Å². The lowest BCUT2D eigenvalue weighted by molar-refractivity contribution is -0.132. The number of carbonyl (C=O) groups is 1. The first kappa shape index (κ1) is 14.5. The summed E-state index contributed by atoms with van der Waals surface area (Å²) in [4.78, 5) is 14.7. The van der Waals surface area contributed by atoms with Crippen LogP contribution in [0.25, 0.3) is 0 Å². The molecule has 5 heteroatoms. The minimum atomic E-state index is -0.152. The molecule has 1 amide bonds. The zero-order chi connectivity index (χ0) is 12.8. The van der Waals surface area contributed by atoms with Crippen molar-refractivity contribution in [2.75, 3.05) is 12.5 Å². The van der Waals surface area contributed by atoms with Gasteiger partial charge in [0.25, 0.3) is 0 Å². The zero-order valence-electron chi connectivity index (χ0n) is 10.1. The first-order valence-corrected chi connectivity index (χ1v) is 7.04. The maximum atomic E-state index is 11.8. The summed E-state index contributed by atoms with van der Waals surface area (Å²) >= 11 is 7.27. The molecule has 96 valence electrons. The van der Waals surface area contributed by atoms with Gasteiger partial charge in [0.2, 0.25) is 5.91 Å². The third-order valence-corrected chi connectivity index (χ3v) is 3.98. The lowest BCUT2D eigenvalue weighted by Gasteiger charge is -2.29. The Balaban J connectivity index is 2.84. The first-order valence-electron chi connectivity index (χ1n) is 5.63. The fraction of sp³-hybridized carbons (Fsp3) is 0.583. The van der Waals surface area contributed by atoms with E-state index in [1.165, 1.54) is 4.88 Å². The second-order valence-electron chi connectivity index (χ2n) is 3.90. The summed E-state index contributed by atoms with van der Waals surface area (Å²) in [7, 11) is 0. The van der Waals surface area contributed by atoms with Gasteiger partial charge in [0.1, 0.15) is 5.88 Å².